The monoisotopic (exact) mass is 356 g/mol. The molecule has 1 aromatic rings. The standard InChI is InChI=1S/C16H28N4O3S/c1-12-7-8-15(23-12)13(2)20-16(17-3)18-9-10-24(21,22)19-11-14-5-4-6-14/h7-8,13-14,19H,4-6,9-11H2,1-3H3,(H2,17,18,20). The van der Waals surface area contributed by atoms with Crippen LogP contribution in [0, 0.1) is 12.8 Å². The molecule has 3 N–H and O–H groups in total. The SMILES string of the molecule is CN=C(NCCS(=O)(=O)NCC1CCC1)NC(C)c1ccc(C)o1. The number of hydrogen-bond acceptors (Lipinski definition) is 4. The highest BCUT2D eigenvalue weighted by Gasteiger charge is 2.20. The molecule has 0 aliphatic heterocycles. The van der Waals surface area contributed by atoms with E-state index in [1.807, 2.05) is 26.0 Å². The van der Waals surface area contributed by atoms with Crippen LogP contribution in [0.1, 0.15) is 43.7 Å². The summed E-state index contributed by atoms with van der Waals surface area (Å²) in [6.45, 7) is 4.71. The van der Waals surface area contributed by atoms with E-state index in [1.54, 1.807) is 7.05 Å². The Labute approximate surface area is 144 Å². The van der Waals surface area contributed by atoms with E-state index >= 15 is 0 Å². The van der Waals surface area contributed by atoms with Gasteiger partial charge in [0.25, 0.3) is 0 Å². The minimum Gasteiger partial charge on any atom is -0.464 e. The fourth-order valence-corrected chi connectivity index (χ4v) is 3.48. The molecule has 24 heavy (non-hydrogen) atoms. The van der Waals surface area contributed by atoms with Gasteiger partial charge in [0.15, 0.2) is 5.96 Å². The summed E-state index contributed by atoms with van der Waals surface area (Å²) in [5, 5.41) is 6.21. The number of guanidine groups is 1. The van der Waals surface area contributed by atoms with Crippen LogP contribution in [0.5, 0.6) is 0 Å². The lowest BCUT2D eigenvalue weighted by molar-refractivity contribution is 0.316. The molecule has 136 valence electrons. The van der Waals surface area contributed by atoms with Crippen molar-refractivity contribution in [2.75, 3.05) is 25.9 Å². The van der Waals surface area contributed by atoms with Crippen LogP contribution in [0.15, 0.2) is 21.5 Å². The zero-order valence-electron chi connectivity index (χ0n) is 14.6. The third kappa shape index (κ3) is 5.83. The molecule has 0 amide bonds. The summed E-state index contributed by atoms with van der Waals surface area (Å²) >= 11 is 0. The smallest absolute Gasteiger partial charge is 0.213 e. The van der Waals surface area contributed by atoms with Crippen LogP contribution in [-0.2, 0) is 10.0 Å². The Hall–Kier alpha value is -1.54. The highest BCUT2D eigenvalue weighted by molar-refractivity contribution is 7.89. The van der Waals surface area contributed by atoms with Crippen LogP contribution in [0.3, 0.4) is 0 Å². The number of furan rings is 1. The Bertz CT molecular complexity index is 650. The van der Waals surface area contributed by atoms with Crippen molar-refractivity contribution in [1.29, 1.82) is 0 Å². The maximum atomic E-state index is 12.0. The lowest BCUT2D eigenvalue weighted by Gasteiger charge is -2.25. The third-order valence-corrected chi connectivity index (χ3v) is 5.59. The maximum Gasteiger partial charge on any atom is 0.213 e. The van der Waals surface area contributed by atoms with E-state index in [0.717, 1.165) is 24.4 Å². The summed E-state index contributed by atoms with van der Waals surface area (Å²) in [5.41, 5.74) is 0. The summed E-state index contributed by atoms with van der Waals surface area (Å²) in [6.07, 6.45) is 3.46. The zero-order chi connectivity index (χ0) is 17.6. The van der Waals surface area contributed by atoms with E-state index in [-0.39, 0.29) is 11.8 Å². The molecule has 1 aromatic heterocycles. The van der Waals surface area contributed by atoms with Crippen LogP contribution in [0.4, 0.5) is 0 Å². The average Bonchev–Trinajstić information content (AvgIpc) is 2.91. The minimum atomic E-state index is -3.25. The Morgan fingerprint density at radius 3 is 2.71 bits per heavy atom. The molecule has 1 fully saturated rings. The lowest BCUT2D eigenvalue weighted by Crippen LogP contribution is -2.42. The Balaban J connectivity index is 1.72. The predicted molar refractivity (Wildman–Crippen MR) is 95.5 cm³/mol. The van der Waals surface area contributed by atoms with Crippen LogP contribution < -0.4 is 15.4 Å². The second-order valence-corrected chi connectivity index (χ2v) is 8.20. The number of nitrogens with zero attached hydrogens (tertiary/aromatic N) is 1. The van der Waals surface area contributed by atoms with Gasteiger partial charge in [-0.15, -0.1) is 0 Å². The number of nitrogens with one attached hydrogen (secondary N) is 3. The van der Waals surface area contributed by atoms with Crippen molar-refractivity contribution in [3.63, 3.8) is 0 Å². The topological polar surface area (TPSA) is 95.7 Å². The quantitative estimate of drug-likeness (QED) is 0.485. The summed E-state index contributed by atoms with van der Waals surface area (Å²) in [7, 11) is -1.60. The molecule has 0 bridgehead atoms. The Kier molecular flexibility index (Phi) is 6.68. The normalized spacial score (nSPS) is 17.4. The first-order valence-corrected chi connectivity index (χ1v) is 10.1. The first-order chi connectivity index (χ1) is 11.4. The highest BCUT2D eigenvalue weighted by Crippen LogP contribution is 2.25. The van der Waals surface area contributed by atoms with Gasteiger partial charge in [0, 0.05) is 20.1 Å². The van der Waals surface area contributed by atoms with Gasteiger partial charge in [-0.25, -0.2) is 13.1 Å². The molecule has 0 aromatic carbocycles. The molecule has 1 unspecified atom stereocenters. The molecular weight excluding hydrogens is 328 g/mol. The molecule has 1 aliphatic carbocycles. The van der Waals surface area contributed by atoms with Crippen LogP contribution in [-0.4, -0.2) is 40.3 Å². The number of aliphatic imine (C=N–C) groups is 1. The van der Waals surface area contributed by atoms with Crippen LogP contribution >= 0.6 is 0 Å². The van der Waals surface area contributed by atoms with Crippen molar-refractivity contribution >= 4 is 16.0 Å². The van der Waals surface area contributed by atoms with Gasteiger partial charge in [-0.3, -0.25) is 4.99 Å². The van der Waals surface area contributed by atoms with E-state index < -0.39 is 10.0 Å². The number of aryl methyl sites for hydroxylation is 1. The van der Waals surface area contributed by atoms with Gasteiger partial charge in [0.1, 0.15) is 11.5 Å². The van der Waals surface area contributed by atoms with E-state index in [4.69, 9.17) is 4.42 Å². The van der Waals surface area contributed by atoms with Gasteiger partial charge < -0.3 is 15.1 Å². The molecule has 2 rings (SSSR count). The number of hydrogen-bond donors (Lipinski definition) is 3. The maximum absolute atomic E-state index is 12.0. The highest BCUT2D eigenvalue weighted by atomic mass is 32.2. The van der Waals surface area contributed by atoms with E-state index in [0.29, 0.717) is 25.0 Å². The van der Waals surface area contributed by atoms with E-state index in [1.165, 1.54) is 6.42 Å². The molecule has 0 saturated heterocycles. The second kappa shape index (κ2) is 8.53. The van der Waals surface area contributed by atoms with Gasteiger partial charge >= 0.3 is 0 Å². The fraction of sp³-hybridized carbons (Fsp3) is 0.688. The fourth-order valence-electron chi connectivity index (χ4n) is 2.47. The van der Waals surface area contributed by atoms with Gasteiger partial charge in [0.2, 0.25) is 10.0 Å². The Morgan fingerprint density at radius 2 is 2.17 bits per heavy atom. The Morgan fingerprint density at radius 1 is 1.42 bits per heavy atom. The van der Waals surface area contributed by atoms with Crippen molar-refractivity contribution in [2.24, 2.45) is 10.9 Å². The van der Waals surface area contributed by atoms with Gasteiger partial charge in [-0.05, 0) is 44.7 Å². The predicted octanol–water partition coefficient (Wildman–Crippen LogP) is 1.53. The zero-order valence-corrected chi connectivity index (χ0v) is 15.4. The lowest BCUT2D eigenvalue weighted by atomic mass is 9.86. The molecular formula is C16H28N4O3S. The number of sulfonamides is 1. The van der Waals surface area contributed by atoms with Crippen molar-refractivity contribution < 1.29 is 12.8 Å². The van der Waals surface area contributed by atoms with Crippen molar-refractivity contribution in [2.45, 2.75) is 39.2 Å². The van der Waals surface area contributed by atoms with Crippen molar-refractivity contribution in [3.05, 3.63) is 23.7 Å². The molecule has 1 heterocycles. The van der Waals surface area contributed by atoms with Crippen LogP contribution in [0.25, 0.3) is 0 Å². The summed E-state index contributed by atoms with van der Waals surface area (Å²) in [4.78, 5) is 4.11. The van der Waals surface area contributed by atoms with Crippen LogP contribution in [0.2, 0.25) is 0 Å². The average molecular weight is 356 g/mol. The first kappa shape index (κ1) is 18.8. The molecule has 7 nitrogen and oxygen atoms in total. The van der Waals surface area contributed by atoms with Gasteiger partial charge in [-0.1, -0.05) is 6.42 Å². The molecule has 1 aliphatic rings. The molecule has 8 heteroatoms. The molecule has 1 saturated carbocycles. The first-order valence-electron chi connectivity index (χ1n) is 8.40. The van der Waals surface area contributed by atoms with Gasteiger partial charge in [-0.2, -0.15) is 0 Å². The molecule has 1 atom stereocenters. The number of rotatable bonds is 8. The van der Waals surface area contributed by atoms with Gasteiger partial charge in [0.05, 0.1) is 11.8 Å². The van der Waals surface area contributed by atoms with Crippen molar-refractivity contribution in [3.8, 4) is 0 Å². The van der Waals surface area contributed by atoms with Crippen molar-refractivity contribution in [1.82, 2.24) is 15.4 Å². The third-order valence-electron chi connectivity index (χ3n) is 4.24. The summed E-state index contributed by atoms with van der Waals surface area (Å²) in [6, 6.07) is 3.76. The minimum absolute atomic E-state index is 0.0225. The molecule has 0 radical (unpaired) electrons. The van der Waals surface area contributed by atoms with E-state index in [9.17, 15) is 8.42 Å². The molecule has 0 spiro atoms. The summed E-state index contributed by atoms with van der Waals surface area (Å²) < 4.78 is 32.2. The largest absolute Gasteiger partial charge is 0.464 e. The second-order valence-electron chi connectivity index (χ2n) is 6.28. The summed E-state index contributed by atoms with van der Waals surface area (Å²) in [5.74, 6) is 2.75. The van der Waals surface area contributed by atoms with E-state index in [2.05, 4.69) is 20.3 Å².